The molecule has 1 heterocycles. The molecule has 2 nitrogen and oxygen atoms in total. The van der Waals surface area contributed by atoms with E-state index in [0.29, 0.717) is 0 Å². The molecule has 2 unspecified atom stereocenters. The maximum Gasteiger partial charge on any atom is 0.0190 e. The Morgan fingerprint density at radius 1 is 1.31 bits per heavy atom. The summed E-state index contributed by atoms with van der Waals surface area (Å²) >= 11 is 0. The Morgan fingerprint density at radius 3 is 2.75 bits per heavy atom. The number of hydrogen-bond acceptors (Lipinski definition) is 2. The number of rotatable bonds is 3. The summed E-state index contributed by atoms with van der Waals surface area (Å²) in [6.07, 6.45) is 9.22. The molecule has 0 radical (unpaired) electrons. The molecular weight excluding hydrogens is 196 g/mol. The molecule has 1 fully saturated rings. The van der Waals surface area contributed by atoms with Crippen LogP contribution in [0.4, 0.5) is 0 Å². The van der Waals surface area contributed by atoms with Crippen LogP contribution in [0.5, 0.6) is 0 Å². The Bertz CT molecular complexity index is 247. The molecule has 0 bridgehead atoms. The predicted octanol–water partition coefficient (Wildman–Crippen LogP) is 2.40. The highest BCUT2D eigenvalue weighted by molar-refractivity contribution is 5.04. The lowest BCUT2D eigenvalue weighted by Gasteiger charge is -2.36. The minimum Gasteiger partial charge on any atom is -0.330 e. The van der Waals surface area contributed by atoms with Crippen LogP contribution < -0.4 is 5.73 Å². The van der Waals surface area contributed by atoms with Gasteiger partial charge in [0, 0.05) is 19.6 Å². The van der Waals surface area contributed by atoms with Gasteiger partial charge in [-0.3, -0.25) is 4.90 Å². The van der Waals surface area contributed by atoms with E-state index in [4.69, 9.17) is 5.73 Å². The highest BCUT2D eigenvalue weighted by Crippen LogP contribution is 2.30. The number of nitrogens with two attached hydrogens (primary N) is 1. The average molecular weight is 222 g/mol. The fraction of sp³-hybridized carbons (Fsp3) is 0.857. The van der Waals surface area contributed by atoms with Gasteiger partial charge in [-0.05, 0) is 44.6 Å². The van der Waals surface area contributed by atoms with Crippen molar-refractivity contribution in [2.75, 3.05) is 26.2 Å². The van der Waals surface area contributed by atoms with Gasteiger partial charge in [-0.1, -0.05) is 24.5 Å². The monoisotopic (exact) mass is 222 g/mol. The van der Waals surface area contributed by atoms with Crippen LogP contribution in [0, 0.1) is 11.8 Å². The molecule has 0 spiro atoms. The second-order valence-corrected chi connectivity index (χ2v) is 5.61. The molecule has 92 valence electrons. The second kappa shape index (κ2) is 5.83. The largest absolute Gasteiger partial charge is 0.330 e. The zero-order valence-electron chi connectivity index (χ0n) is 10.6. The Morgan fingerprint density at radius 2 is 2.06 bits per heavy atom. The summed E-state index contributed by atoms with van der Waals surface area (Å²) < 4.78 is 0. The van der Waals surface area contributed by atoms with Gasteiger partial charge in [-0.15, -0.1) is 0 Å². The molecule has 2 atom stereocenters. The van der Waals surface area contributed by atoms with Gasteiger partial charge in [0.05, 0.1) is 0 Å². The lowest BCUT2D eigenvalue weighted by atomic mass is 9.79. The van der Waals surface area contributed by atoms with Gasteiger partial charge >= 0.3 is 0 Å². The first kappa shape index (κ1) is 12.1. The minimum atomic E-state index is 0.792. The molecule has 1 aliphatic heterocycles. The number of nitrogens with zero attached hydrogens (tertiary/aromatic N) is 1. The fourth-order valence-corrected chi connectivity index (χ4v) is 3.31. The zero-order chi connectivity index (χ0) is 11.4. The van der Waals surface area contributed by atoms with Crippen molar-refractivity contribution in [2.24, 2.45) is 17.6 Å². The van der Waals surface area contributed by atoms with Crippen LogP contribution >= 0.6 is 0 Å². The summed E-state index contributed by atoms with van der Waals surface area (Å²) in [7, 11) is 0. The maximum absolute atomic E-state index is 5.90. The van der Waals surface area contributed by atoms with Crippen LogP contribution in [-0.4, -0.2) is 31.1 Å². The highest BCUT2D eigenvalue weighted by atomic mass is 15.1. The van der Waals surface area contributed by atoms with Crippen molar-refractivity contribution >= 4 is 0 Å². The quantitative estimate of drug-likeness (QED) is 0.743. The molecule has 0 aromatic rings. The van der Waals surface area contributed by atoms with E-state index in [-0.39, 0.29) is 0 Å². The summed E-state index contributed by atoms with van der Waals surface area (Å²) in [5.74, 6) is 1.66. The average Bonchev–Trinajstić information content (AvgIpc) is 2.30. The van der Waals surface area contributed by atoms with Crippen molar-refractivity contribution in [1.82, 2.24) is 4.90 Å². The van der Waals surface area contributed by atoms with Crippen LogP contribution in [0.15, 0.2) is 11.6 Å². The van der Waals surface area contributed by atoms with Crippen LogP contribution in [0.2, 0.25) is 0 Å². The van der Waals surface area contributed by atoms with E-state index >= 15 is 0 Å². The van der Waals surface area contributed by atoms with Gasteiger partial charge in [0.2, 0.25) is 0 Å². The van der Waals surface area contributed by atoms with Gasteiger partial charge < -0.3 is 5.73 Å². The molecule has 0 amide bonds. The van der Waals surface area contributed by atoms with E-state index in [1.54, 1.807) is 5.57 Å². The van der Waals surface area contributed by atoms with Crippen molar-refractivity contribution in [1.29, 1.82) is 0 Å². The number of hydrogen-bond donors (Lipinski definition) is 1. The Hall–Kier alpha value is -0.340. The Balaban J connectivity index is 1.85. The van der Waals surface area contributed by atoms with Crippen molar-refractivity contribution in [3.8, 4) is 0 Å². The third kappa shape index (κ3) is 3.08. The first-order valence-electron chi connectivity index (χ1n) is 6.87. The molecule has 2 heteroatoms. The van der Waals surface area contributed by atoms with Gasteiger partial charge in [0.15, 0.2) is 0 Å². The first-order chi connectivity index (χ1) is 7.79. The van der Waals surface area contributed by atoms with E-state index in [1.807, 2.05) is 0 Å². The molecular formula is C14H26N2. The van der Waals surface area contributed by atoms with E-state index in [2.05, 4.69) is 17.9 Å². The van der Waals surface area contributed by atoms with E-state index < -0.39 is 0 Å². The van der Waals surface area contributed by atoms with Crippen molar-refractivity contribution < 1.29 is 0 Å². The Kier molecular flexibility index (Phi) is 4.42. The van der Waals surface area contributed by atoms with Crippen LogP contribution in [0.1, 0.15) is 39.0 Å². The second-order valence-electron chi connectivity index (χ2n) is 5.61. The molecule has 0 aromatic carbocycles. The van der Waals surface area contributed by atoms with Crippen LogP contribution in [0.25, 0.3) is 0 Å². The van der Waals surface area contributed by atoms with Gasteiger partial charge in [0.1, 0.15) is 0 Å². The first-order valence-corrected chi connectivity index (χ1v) is 6.87. The summed E-state index contributed by atoms with van der Waals surface area (Å²) in [5.41, 5.74) is 7.44. The molecule has 2 aliphatic rings. The van der Waals surface area contributed by atoms with Gasteiger partial charge in [-0.2, -0.15) is 0 Å². The minimum absolute atomic E-state index is 0.792. The summed E-state index contributed by atoms with van der Waals surface area (Å²) in [5, 5.41) is 0. The standard InChI is InChI=1S/C14H26N2/c1-12-5-4-8-16(10-12)11-14-7-3-2-6-13(14)9-15/h5,13-14H,2-4,6-11,15H2,1H3. The zero-order valence-corrected chi connectivity index (χ0v) is 10.6. The van der Waals surface area contributed by atoms with Crippen molar-refractivity contribution in [2.45, 2.75) is 39.0 Å². The maximum atomic E-state index is 5.90. The van der Waals surface area contributed by atoms with E-state index in [9.17, 15) is 0 Å². The molecule has 2 rings (SSSR count). The lowest BCUT2D eigenvalue weighted by molar-refractivity contribution is 0.159. The summed E-state index contributed by atoms with van der Waals surface area (Å²) in [6, 6.07) is 0. The highest BCUT2D eigenvalue weighted by Gasteiger charge is 2.26. The van der Waals surface area contributed by atoms with Crippen LogP contribution in [-0.2, 0) is 0 Å². The molecule has 1 aliphatic carbocycles. The SMILES string of the molecule is CC1=CCCN(CC2CCCCC2CN)C1. The normalized spacial score (nSPS) is 32.5. The van der Waals surface area contributed by atoms with Crippen molar-refractivity contribution in [3.05, 3.63) is 11.6 Å². The summed E-state index contributed by atoms with van der Waals surface area (Å²) in [4.78, 5) is 2.63. The third-order valence-corrected chi connectivity index (χ3v) is 4.27. The van der Waals surface area contributed by atoms with Gasteiger partial charge in [-0.25, -0.2) is 0 Å². The lowest BCUT2D eigenvalue weighted by Crippen LogP contribution is -2.39. The molecule has 0 aromatic heterocycles. The topological polar surface area (TPSA) is 29.3 Å². The van der Waals surface area contributed by atoms with Crippen molar-refractivity contribution in [3.63, 3.8) is 0 Å². The van der Waals surface area contributed by atoms with Gasteiger partial charge in [0.25, 0.3) is 0 Å². The molecule has 1 saturated carbocycles. The third-order valence-electron chi connectivity index (χ3n) is 4.27. The molecule has 0 saturated heterocycles. The Labute approximate surface area is 99.9 Å². The summed E-state index contributed by atoms with van der Waals surface area (Å²) in [6.45, 7) is 6.88. The smallest absolute Gasteiger partial charge is 0.0190 e. The van der Waals surface area contributed by atoms with Crippen LogP contribution in [0.3, 0.4) is 0 Å². The molecule has 16 heavy (non-hydrogen) atoms. The predicted molar refractivity (Wildman–Crippen MR) is 69.3 cm³/mol. The fourth-order valence-electron chi connectivity index (χ4n) is 3.31. The van der Waals surface area contributed by atoms with E-state index in [0.717, 1.165) is 18.4 Å². The van der Waals surface area contributed by atoms with E-state index in [1.165, 1.54) is 51.7 Å². The molecule has 2 N–H and O–H groups in total.